The van der Waals surface area contributed by atoms with Gasteiger partial charge in [-0.25, -0.2) is 0 Å². The Morgan fingerprint density at radius 2 is 1.87 bits per heavy atom. The van der Waals surface area contributed by atoms with E-state index in [0.717, 1.165) is 22.4 Å². The molecule has 0 unspecified atom stereocenters. The SMILES string of the molecule is CCOC(=O)CN(C)c1c(C(=O)N[C@H]2CCOc3ccccc32)cnc2c(-c3cc(Cl)cc(Cl)c3)cccc12. The number of carbonyl (C=O) groups excluding carboxylic acids is 2. The van der Waals surface area contributed by atoms with Crippen LogP contribution in [0.4, 0.5) is 5.69 Å². The molecule has 200 valence electrons. The number of hydrogen-bond acceptors (Lipinski definition) is 6. The van der Waals surface area contributed by atoms with Crippen molar-refractivity contribution in [3.63, 3.8) is 0 Å². The monoisotopic (exact) mass is 563 g/mol. The maximum atomic E-state index is 13.8. The van der Waals surface area contributed by atoms with Gasteiger partial charge in [0, 0.05) is 46.2 Å². The molecular formula is C30H27Cl2N3O4. The lowest BCUT2D eigenvalue weighted by atomic mass is 9.98. The van der Waals surface area contributed by atoms with Gasteiger partial charge in [0.15, 0.2) is 0 Å². The van der Waals surface area contributed by atoms with Crippen LogP contribution in [0.5, 0.6) is 5.75 Å². The summed E-state index contributed by atoms with van der Waals surface area (Å²) in [5.74, 6) is 0.0654. The van der Waals surface area contributed by atoms with Crippen molar-refractivity contribution in [2.45, 2.75) is 19.4 Å². The molecule has 3 aromatic carbocycles. The van der Waals surface area contributed by atoms with Gasteiger partial charge in [-0.3, -0.25) is 14.6 Å². The van der Waals surface area contributed by atoms with E-state index >= 15 is 0 Å². The first-order valence-electron chi connectivity index (χ1n) is 12.6. The maximum absolute atomic E-state index is 13.8. The molecule has 7 nitrogen and oxygen atoms in total. The molecule has 39 heavy (non-hydrogen) atoms. The molecule has 0 bridgehead atoms. The summed E-state index contributed by atoms with van der Waals surface area (Å²) in [6, 6.07) is 18.4. The van der Waals surface area contributed by atoms with E-state index in [0.29, 0.717) is 45.2 Å². The first kappa shape index (κ1) is 26.8. The van der Waals surface area contributed by atoms with E-state index in [1.54, 1.807) is 31.1 Å². The zero-order valence-electron chi connectivity index (χ0n) is 21.5. The van der Waals surface area contributed by atoms with E-state index in [1.165, 1.54) is 0 Å². The number of ether oxygens (including phenoxy) is 2. The van der Waals surface area contributed by atoms with Crippen molar-refractivity contribution in [3.05, 3.63) is 88.0 Å². The minimum absolute atomic E-state index is 0.0411. The molecule has 1 aliphatic heterocycles. The van der Waals surface area contributed by atoms with Gasteiger partial charge in [0.05, 0.1) is 36.0 Å². The number of amides is 1. The van der Waals surface area contributed by atoms with Gasteiger partial charge in [-0.2, -0.15) is 0 Å². The molecule has 0 saturated heterocycles. The number of hydrogen-bond donors (Lipinski definition) is 1. The van der Waals surface area contributed by atoms with Crippen molar-refractivity contribution < 1.29 is 19.1 Å². The second-order valence-corrected chi connectivity index (χ2v) is 10.1. The summed E-state index contributed by atoms with van der Waals surface area (Å²) in [6.07, 6.45) is 2.19. The number of para-hydroxylation sites is 2. The largest absolute Gasteiger partial charge is 0.493 e. The van der Waals surface area contributed by atoms with Gasteiger partial charge in [-0.1, -0.05) is 59.6 Å². The van der Waals surface area contributed by atoms with Crippen LogP contribution in [0.3, 0.4) is 0 Å². The number of pyridine rings is 1. The van der Waals surface area contributed by atoms with Crippen LogP contribution < -0.4 is 15.0 Å². The average Bonchev–Trinajstić information content (AvgIpc) is 2.91. The number of likely N-dealkylation sites (N-methyl/N-ethyl adjacent to an activating group) is 1. The molecule has 1 atom stereocenters. The molecule has 0 fully saturated rings. The minimum atomic E-state index is -0.396. The first-order chi connectivity index (χ1) is 18.9. The molecule has 0 radical (unpaired) electrons. The number of anilines is 1. The predicted octanol–water partition coefficient (Wildman–Crippen LogP) is 6.46. The summed E-state index contributed by atoms with van der Waals surface area (Å²) in [7, 11) is 1.76. The Bertz CT molecular complexity index is 1540. The fraction of sp³-hybridized carbons (Fsp3) is 0.233. The van der Waals surface area contributed by atoms with Crippen LogP contribution in [0.15, 0.2) is 66.9 Å². The molecule has 1 amide bonds. The van der Waals surface area contributed by atoms with E-state index < -0.39 is 5.97 Å². The molecular weight excluding hydrogens is 537 g/mol. The zero-order chi connectivity index (χ0) is 27.5. The Balaban J connectivity index is 1.60. The van der Waals surface area contributed by atoms with Crippen molar-refractivity contribution in [2.75, 3.05) is 31.7 Å². The summed E-state index contributed by atoms with van der Waals surface area (Å²) in [5.41, 5.74) is 4.08. The van der Waals surface area contributed by atoms with E-state index in [-0.39, 0.29) is 25.1 Å². The van der Waals surface area contributed by atoms with Gasteiger partial charge >= 0.3 is 5.97 Å². The Kier molecular flexibility index (Phi) is 7.91. The number of esters is 1. The van der Waals surface area contributed by atoms with E-state index in [4.69, 9.17) is 37.7 Å². The molecule has 1 N–H and O–H groups in total. The highest BCUT2D eigenvalue weighted by Gasteiger charge is 2.27. The van der Waals surface area contributed by atoms with Crippen LogP contribution >= 0.6 is 23.2 Å². The Hall–Kier alpha value is -3.81. The van der Waals surface area contributed by atoms with E-state index in [9.17, 15) is 9.59 Å². The van der Waals surface area contributed by atoms with Gasteiger partial charge in [0.2, 0.25) is 0 Å². The standard InChI is InChI=1S/C30H27Cl2N3O4/c1-3-38-27(36)17-35(2)29-23-9-6-8-21(18-13-19(31)15-20(32)14-18)28(23)33-16-24(29)30(37)34-25-11-12-39-26-10-5-4-7-22(25)26/h4-10,13-16,25H,3,11-12,17H2,1-2H3,(H,34,37)/t25-/m0/s1. The molecule has 4 aromatic rings. The fourth-order valence-electron chi connectivity index (χ4n) is 4.94. The zero-order valence-corrected chi connectivity index (χ0v) is 23.1. The van der Waals surface area contributed by atoms with Crippen LogP contribution in [0.2, 0.25) is 10.0 Å². The minimum Gasteiger partial charge on any atom is -0.493 e. The second-order valence-electron chi connectivity index (χ2n) is 9.24. The lowest BCUT2D eigenvalue weighted by Gasteiger charge is -2.28. The van der Waals surface area contributed by atoms with Crippen LogP contribution in [0, 0.1) is 0 Å². The van der Waals surface area contributed by atoms with Gasteiger partial charge in [-0.05, 0) is 36.8 Å². The smallest absolute Gasteiger partial charge is 0.325 e. The molecule has 0 saturated carbocycles. The normalized spacial score (nSPS) is 14.3. The van der Waals surface area contributed by atoms with Gasteiger partial charge in [-0.15, -0.1) is 0 Å². The highest BCUT2D eigenvalue weighted by molar-refractivity contribution is 6.35. The number of nitrogens with one attached hydrogen (secondary N) is 1. The maximum Gasteiger partial charge on any atom is 0.325 e. The van der Waals surface area contributed by atoms with Crippen molar-refractivity contribution in [3.8, 4) is 16.9 Å². The number of benzene rings is 3. The highest BCUT2D eigenvalue weighted by Crippen LogP contribution is 2.37. The molecule has 0 spiro atoms. The first-order valence-corrected chi connectivity index (χ1v) is 13.4. The molecule has 9 heteroatoms. The van der Waals surface area contributed by atoms with Crippen LogP contribution in [-0.2, 0) is 9.53 Å². The number of carbonyl (C=O) groups is 2. The quantitative estimate of drug-likeness (QED) is 0.260. The van der Waals surface area contributed by atoms with E-state index in [1.807, 2.05) is 54.6 Å². The van der Waals surface area contributed by atoms with Gasteiger partial charge in [0.25, 0.3) is 5.91 Å². The summed E-state index contributed by atoms with van der Waals surface area (Å²) in [4.78, 5) is 32.7. The Labute approximate surface area is 236 Å². The number of nitrogens with zero attached hydrogens (tertiary/aromatic N) is 2. The predicted molar refractivity (Wildman–Crippen MR) is 154 cm³/mol. The van der Waals surface area contributed by atoms with Gasteiger partial charge in [0.1, 0.15) is 12.3 Å². The average molecular weight is 564 g/mol. The van der Waals surface area contributed by atoms with Crippen LogP contribution in [0.1, 0.15) is 35.3 Å². The van der Waals surface area contributed by atoms with Crippen LogP contribution in [0.25, 0.3) is 22.0 Å². The Morgan fingerprint density at radius 1 is 1.10 bits per heavy atom. The van der Waals surface area contributed by atoms with Crippen molar-refractivity contribution >= 4 is 51.7 Å². The summed E-state index contributed by atoms with van der Waals surface area (Å²) >= 11 is 12.6. The third kappa shape index (κ3) is 5.65. The molecule has 1 aromatic heterocycles. The van der Waals surface area contributed by atoms with Gasteiger partial charge < -0.3 is 19.7 Å². The molecule has 0 aliphatic carbocycles. The second kappa shape index (κ2) is 11.5. The topological polar surface area (TPSA) is 80.8 Å². The molecule has 2 heterocycles. The lowest BCUT2D eigenvalue weighted by Crippen LogP contribution is -2.34. The summed E-state index contributed by atoms with van der Waals surface area (Å²) < 4.78 is 10.9. The number of fused-ring (bicyclic) bond motifs is 2. The summed E-state index contributed by atoms with van der Waals surface area (Å²) in [6.45, 7) is 2.48. The lowest BCUT2D eigenvalue weighted by molar-refractivity contribution is -0.141. The van der Waals surface area contributed by atoms with Crippen molar-refractivity contribution in [2.24, 2.45) is 0 Å². The summed E-state index contributed by atoms with van der Waals surface area (Å²) in [5, 5.41) is 4.86. The fourth-order valence-corrected chi connectivity index (χ4v) is 5.46. The van der Waals surface area contributed by atoms with Crippen molar-refractivity contribution in [1.82, 2.24) is 10.3 Å². The van der Waals surface area contributed by atoms with Crippen LogP contribution in [-0.4, -0.2) is 43.7 Å². The Morgan fingerprint density at radius 3 is 2.64 bits per heavy atom. The van der Waals surface area contributed by atoms with Crippen molar-refractivity contribution in [1.29, 1.82) is 0 Å². The third-order valence-electron chi connectivity index (χ3n) is 6.60. The number of aromatic nitrogens is 1. The van der Waals surface area contributed by atoms with E-state index in [2.05, 4.69) is 5.32 Å². The molecule has 1 aliphatic rings. The third-order valence-corrected chi connectivity index (χ3v) is 7.04. The number of rotatable bonds is 7. The number of halogens is 2. The highest BCUT2D eigenvalue weighted by atomic mass is 35.5. The molecule has 5 rings (SSSR count).